The van der Waals surface area contributed by atoms with Crippen LogP contribution in [0.15, 0.2) is 40.8 Å². The molecule has 0 bridgehead atoms. The van der Waals surface area contributed by atoms with E-state index in [9.17, 15) is 19.5 Å². The summed E-state index contributed by atoms with van der Waals surface area (Å²) in [4.78, 5) is 47.9. The number of pyridine rings is 1. The smallest absolute Gasteiger partial charge is 0.265 e. The van der Waals surface area contributed by atoms with Crippen molar-refractivity contribution in [2.24, 2.45) is 0 Å². The van der Waals surface area contributed by atoms with Gasteiger partial charge in [-0.3, -0.25) is 23.9 Å². The predicted octanol–water partition coefficient (Wildman–Crippen LogP) is 3.56. The van der Waals surface area contributed by atoms with Crippen LogP contribution >= 0.6 is 11.6 Å². The average molecular weight is 486 g/mol. The molecule has 0 unspecified atom stereocenters. The maximum Gasteiger partial charge on any atom is 0.265 e. The van der Waals surface area contributed by atoms with E-state index in [1.807, 2.05) is 0 Å². The van der Waals surface area contributed by atoms with E-state index in [2.05, 4.69) is 9.97 Å². The SMILES string of the molecule is O=C1CCCC(O)=C1C(=O)c1cnc(-c2cncc(Cl)c2)n(C2CCC3(CC2)OCCO3)c1=O. The second kappa shape index (κ2) is 9.05. The van der Waals surface area contributed by atoms with Gasteiger partial charge in [0.1, 0.15) is 22.7 Å². The topological polar surface area (TPSA) is 121 Å². The highest BCUT2D eigenvalue weighted by Gasteiger charge is 2.42. The molecule has 2 aliphatic carbocycles. The molecule has 2 fully saturated rings. The molecule has 5 rings (SSSR count). The van der Waals surface area contributed by atoms with Crippen LogP contribution in [-0.4, -0.2) is 50.2 Å². The molecule has 1 saturated heterocycles. The fraction of sp³-hybridized carbons (Fsp3) is 0.458. The minimum absolute atomic E-state index is 0.156. The number of rotatable bonds is 4. The van der Waals surface area contributed by atoms with Crippen LogP contribution in [0.3, 0.4) is 0 Å². The van der Waals surface area contributed by atoms with E-state index in [-0.39, 0.29) is 35.8 Å². The van der Waals surface area contributed by atoms with E-state index >= 15 is 0 Å². The van der Waals surface area contributed by atoms with E-state index in [0.717, 1.165) is 0 Å². The molecule has 0 atom stereocenters. The van der Waals surface area contributed by atoms with E-state index in [1.165, 1.54) is 17.0 Å². The summed E-state index contributed by atoms with van der Waals surface area (Å²) >= 11 is 6.13. The molecule has 2 aromatic heterocycles. The third-order valence-corrected chi connectivity index (χ3v) is 6.92. The van der Waals surface area contributed by atoms with Gasteiger partial charge in [0.25, 0.3) is 5.56 Å². The molecule has 1 N–H and O–H groups in total. The Morgan fingerprint density at radius 3 is 2.53 bits per heavy atom. The Bertz CT molecular complexity index is 1240. The number of aliphatic hydroxyl groups excluding tert-OH is 1. The van der Waals surface area contributed by atoms with Gasteiger partial charge in [0.15, 0.2) is 11.6 Å². The van der Waals surface area contributed by atoms with Crippen molar-refractivity contribution in [3.63, 3.8) is 0 Å². The summed E-state index contributed by atoms with van der Waals surface area (Å²) in [5, 5.41) is 10.6. The van der Waals surface area contributed by atoms with Gasteiger partial charge in [0, 0.05) is 55.9 Å². The van der Waals surface area contributed by atoms with Gasteiger partial charge >= 0.3 is 0 Å². The summed E-state index contributed by atoms with van der Waals surface area (Å²) < 4.78 is 13.1. The van der Waals surface area contributed by atoms with Crippen LogP contribution < -0.4 is 5.56 Å². The first-order valence-corrected chi connectivity index (χ1v) is 11.8. The molecular weight excluding hydrogens is 462 g/mol. The zero-order chi connectivity index (χ0) is 23.9. The highest BCUT2D eigenvalue weighted by atomic mass is 35.5. The van der Waals surface area contributed by atoms with Gasteiger partial charge in [0.05, 0.1) is 18.2 Å². The van der Waals surface area contributed by atoms with Gasteiger partial charge < -0.3 is 14.6 Å². The Balaban J connectivity index is 1.59. The van der Waals surface area contributed by atoms with Gasteiger partial charge in [-0.25, -0.2) is 4.98 Å². The van der Waals surface area contributed by atoms with E-state index in [0.29, 0.717) is 61.7 Å². The van der Waals surface area contributed by atoms with Crippen LogP contribution in [0.25, 0.3) is 11.4 Å². The lowest BCUT2D eigenvalue weighted by molar-refractivity contribution is -0.181. The van der Waals surface area contributed by atoms with Gasteiger partial charge in [-0.2, -0.15) is 0 Å². The molecular formula is C24H24ClN3O6. The molecule has 1 spiro atoms. The second-order valence-electron chi connectivity index (χ2n) is 8.83. The van der Waals surface area contributed by atoms with Crippen LogP contribution in [-0.2, 0) is 14.3 Å². The fourth-order valence-corrected chi connectivity index (χ4v) is 5.19. The number of nitrogens with zero attached hydrogens (tertiary/aromatic N) is 3. The summed E-state index contributed by atoms with van der Waals surface area (Å²) in [5.41, 5.74) is -0.593. The Kier molecular flexibility index (Phi) is 6.09. The van der Waals surface area contributed by atoms with E-state index < -0.39 is 22.9 Å². The highest BCUT2D eigenvalue weighted by Crippen LogP contribution is 2.41. The molecule has 34 heavy (non-hydrogen) atoms. The van der Waals surface area contributed by atoms with Crippen molar-refractivity contribution in [1.29, 1.82) is 0 Å². The monoisotopic (exact) mass is 485 g/mol. The van der Waals surface area contributed by atoms with Gasteiger partial charge in [0.2, 0.25) is 5.78 Å². The Morgan fingerprint density at radius 2 is 1.85 bits per heavy atom. The van der Waals surface area contributed by atoms with Crippen LogP contribution in [0.1, 0.15) is 61.3 Å². The summed E-state index contributed by atoms with van der Waals surface area (Å²) in [6.45, 7) is 1.09. The molecule has 0 aromatic carbocycles. The van der Waals surface area contributed by atoms with Crippen molar-refractivity contribution in [3.05, 3.63) is 56.9 Å². The first kappa shape index (κ1) is 22.9. The molecule has 3 aliphatic rings. The minimum Gasteiger partial charge on any atom is -0.511 e. The average Bonchev–Trinajstić information content (AvgIpc) is 3.27. The number of hydrogen-bond donors (Lipinski definition) is 1. The second-order valence-corrected chi connectivity index (χ2v) is 9.27. The predicted molar refractivity (Wildman–Crippen MR) is 122 cm³/mol. The fourth-order valence-electron chi connectivity index (χ4n) is 5.02. The summed E-state index contributed by atoms with van der Waals surface area (Å²) in [6.07, 6.45) is 7.41. The first-order valence-electron chi connectivity index (χ1n) is 11.4. The van der Waals surface area contributed by atoms with Crippen LogP contribution in [0.4, 0.5) is 0 Å². The number of Topliss-reactive ketones (excluding diaryl/α,β-unsaturated/α-hetero) is 2. The normalized spacial score (nSPS) is 20.8. The summed E-state index contributed by atoms with van der Waals surface area (Å²) in [6, 6.07) is 1.38. The molecule has 3 heterocycles. The number of halogens is 1. The molecule has 0 radical (unpaired) electrons. The Morgan fingerprint density at radius 1 is 1.12 bits per heavy atom. The van der Waals surface area contributed by atoms with Crippen molar-refractivity contribution >= 4 is 23.2 Å². The van der Waals surface area contributed by atoms with Crippen molar-refractivity contribution in [2.75, 3.05) is 13.2 Å². The van der Waals surface area contributed by atoms with Gasteiger partial charge in [-0.05, 0) is 25.3 Å². The summed E-state index contributed by atoms with van der Waals surface area (Å²) in [7, 11) is 0. The van der Waals surface area contributed by atoms with Crippen molar-refractivity contribution in [1.82, 2.24) is 14.5 Å². The van der Waals surface area contributed by atoms with E-state index in [4.69, 9.17) is 21.1 Å². The maximum absolute atomic E-state index is 13.7. The van der Waals surface area contributed by atoms with Gasteiger partial charge in [-0.15, -0.1) is 0 Å². The summed E-state index contributed by atoms with van der Waals surface area (Å²) in [5.74, 6) is -1.81. The molecule has 9 nitrogen and oxygen atoms in total. The zero-order valence-electron chi connectivity index (χ0n) is 18.5. The number of ether oxygens (including phenoxy) is 2. The third kappa shape index (κ3) is 4.08. The zero-order valence-corrected chi connectivity index (χ0v) is 19.2. The number of ketones is 2. The number of carbonyl (C=O) groups excluding carboxylic acids is 2. The number of hydrogen-bond acceptors (Lipinski definition) is 8. The number of aliphatic hydroxyl groups is 1. The van der Waals surface area contributed by atoms with Gasteiger partial charge in [-0.1, -0.05) is 11.6 Å². The quantitative estimate of drug-likeness (QED) is 0.515. The lowest BCUT2D eigenvalue weighted by atomic mass is 9.89. The molecule has 2 aromatic rings. The molecule has 0 amide bonds. The van der Waals surface area contributed by atoms with Crippen molar-refractivity contribution < 1.29 is 24.2 Å². The first-order chi connectivity index (χ1) is 16.4. The van der Waals surface area contributed by atoms with E-state index in [1.54, 1.807) is 12.3 Å². The lowest BCUT2D eigenvalue weighted by Gasteiger charge is -2.36. The number of allylic oxidation sites excluding steroid dienone is 2. The number of aromatic nitrogens is 3. The third-order valence-electron chi connectivity index (χ3n) is 6.71. The molecule has 10 heteroatoms. The largest absolute Gasteiger partial charge is 0.511 e. The van der Waals surface area contributed by atoms with Crippen LogP contribution in [0.5, 0.6) is 0 Å². The standard InChI is InChI=1S/C24H24ClN3O6/c25-15-10-14(11-26-12-15)22-27-13-17(21(31)20-18(29)2-1-3-19(20)30)23(32)28(22)16-4-6-24(7-5-16)33-8-9-34-24/h10-13,16,29H,1-9H2. The number of carbonyl (C=O) groups is 2. The lowest BCUT2D eigenvalue weighted by Crippen LogP contribution is -2.40. The molecule has 1 aliphatic heterocycles. The maximum atomic E-state index is 13.7. The highest BCUT2D eigenvalue weighted by molar-refractivity contribution is 6.30. The molecule has 178 valence electrons. The Hall–Kier alpha value is -2.88. The van der Waals surface area contributed by atoms with Crippen molar-refractivity contribution in [2.45, 2.75) is 56.8 Å². The minimum atomic E-state index is -0.793. The Labute approximate surface area is 200 Å². The van der Waals surface area contributed by atoms with Crippen LogP contribution in [0.2, 0.25) is 5.02 Å². The van der Waals surface area contributed by atoms with Crippen LogP contribution in [0, 0.1) is 0 Å². The molecule has 1 saturated carbocycles. The van der Waals surface area contributed by atoms with Crippen molar-refractivity contribution in [3.8, 4) is 11.4 Å².